The molecule has 1 atom stereocenters. The van der Waals surface area contributed by atoms with Crippen molar-refractivity contribution in [2.45, 2.75) is 25.5 Å². The molecule has 0 radical (unpaired) electrons. The number of carbonyl (C=O) groups excluding carboxylic acids is 1. The molecule has 0 unspecified atom stereocenters. The minimum Gasteiger partial charge on any atom is -0.484 e. The van der Waals surface area contributed by atoms with Crippen molar-refractivity contribution in [1.82, 2.24) is 10.3 Å². The summed E-state index contributed by atoms with van der Waals surface area (Å²) >= 11 is 0. The zero-order valence-electron chi connectivity index (χ0n) is 17.6. The average molecular weight is 418 g/mol. The van der Waals surface area contributed by atoms with Gasteiger partial charge in [-0.3, -0.25) is 4.79 Å². The summed E-state index contributed by atoms with van der Waals surface area (Å²) in [6.07, 6.45) is 2.55. The monoisotopic (exact) mass is 417 g/mol. The van der Waals surface area contributed by atoms with E-state index in [4.69, 9.17) is 9.47 Å². The maximum absolute atomic E-state index is 13.1. The number of aryl methyl sites for hydroxylation is 1. The molecule has 0 saturated carbocycles. The molecule has 1 amide bonds. The van der Waals surface area contributed by atoms with Gasteiger partial charge in [0.1, 0.15) is 23.7 Å². The highest BCUT2D eigenvalue weighted by Gasteiger charge is 2.22. The van der Waals surface area contributed by atoms with Crippen LogP contribution < -0.4 is 15.4 Å². The third-order valence-corrected chi connectivity index (χ3v) is 5.18. The number of benzene rings is 2. The largest absolute Gasteiger partial charge is 0.484 e. The van der Waals surface area contributed by atoms with Crippen LogP contribution in [0, 0.1) is 6.92 Å². The maximum Gasteiger partial charge on any atom is 0.247 e. The highest BCUT2D eigenvalue weighted by Crippen LogP contribution is 2.19. The third-order valence-electron chi connectivity index (χ3n) is 5.18. The number of nitrogens with zero attached hydrogens (tertiary/aromatic N) is 1. The van der Waals surface area contributed by atoms with E-state index >= 15 is 0 Å². The lowest BCUT2D eigenvalue weighted by molar-refractivity contribution is -0.118. The van der Waals surface area contributed by atoms with Crippen molar-refractivity contribution in [3.8, 4) is 5.75 Å². The van der Waals surface area contributed by atoms with Crippen molar-refractivity contribution in [3.63, 3.8) is 0 Å². The lowest BCUT2D eigenvalue weighted by Crippen LogP contribution is -2.38. The number of nitrogens with one attached hydrogen (secondary N) is 2. The van der Waals surface area contributed by atoms with Crippen LogP contribution in [0.2, 0.25) is 0 Å². The summed E-state index contributed by atoms with van der Waals surface area (Å²) in [5, 5.41) is 6.31. The zero-order valence-corrected chi connectivity index (χ0v) is 17.6. The smallest absolute Gasteiger partial charge is 0.247 e. The van der Waals surface area contributed by atoms with Gasteiger partial charge in [-0.15, -0.1) is 0 Å². The molecule has 0 bridgehead atoms. The Morgan fingerprint density at radius 3 is 2.52 bits per heavy atom. The van der Waals surface area contributed by atoms with Crippen molar-refractivity contribution < 1.29 is 14.3 Å². The molecule has 2 N–H and O–H groups in total. The van der Waals surface area contributed by atoms with E-state index in [2.05, 4.69) is 46.8 Å². The fraction of sp³-hybridized carbons (Fsp3) is 0.280. The van der Waals surface area contributed by atoms with Gasteiger partial charge < -0.3 is 20.1 Å². The van der Waals surface area contributed by atoms with E-state index in [0.29, 0.717) is 31.3 Å². The summed E-state index contributed by atoms with van der Waals surface area (Å²) in [6, 6.07) is 21.3. The Balaban J connectivity index is 1.38. The van der Waals surface area contributed by atoms with Crippen LogP contribution in [-0.2, 0) is 16.0 Å². The minimum absolute atomic E-state index is 0.0856. The summed E-state index contributed by atoms with van der Waals surface area (Å²) in [4.78, 5) is 17.4. The van der Waals surface area contributed by atoms with Crippen LogP contribution in [0.3, 0.4) is 0 Å². The third kappa shape index (κ3) is 5.90. The van der Waals surface area contributed by atoms with Gasteiger partial charge in [0.2, 0.25) is 5.91 Å². The molecule has 1 aliphatic rings. The van der Waals surface area contributed by atoms with Gasteiger partial charge in [-0.05, 0) is 36.6 Å². The van der Waals surface area contributed by atoms with E-state index in [1.807, 2.05) is 36.4 Å². The fourth-order valence-corrected chi connectivity index (χ4v) is 3.32. The SMILES string of the molecule is Cc1ccc(CCN[C@@H](C(=O)Nc2ccc(OC3COC3)cn2)c2ccccc2)cc1. The molecule has 1 aromatic heterocycles. The predicted octanol–water partition coefficient (Wildman–Crippen LogP) is 3.68. The summed E-state index contributed by atoms with van der Waals surface area (Å²) in [5.41, 5.74) is 3.39. The quantitative estimate of drug-likeness (QED) is 0.556. The second-order valence-corrected chi connectivity index (χ2v) is 7.68. The second-order valence-electron chi connectivity index (χ2n) is 7.68. The average Bonchev–Trinajstić information content (AvgIpc) is 2.77. The Kier molecular flexibility index (Phi) is 6.92. The number of hydrogen-bond acceptors (Lipinski definition) is 5. The first-order valence-electron chi connectivity index (χ1n) is 10.5. The first-order valence-corrected chi connectivity index (χ1v) is 10.5. The molecule has 1 aliphatic heterocycles. The Bertz CT molecular complexity index is 971. The van der Waals surface area contributed by atoms with Crippen LogP contribution in [0.15, 0.2) is 72.9 Å². The lowest BCUT2D eigenvalue weighted by Gasteiger charge is -2.26. The minimum atomic E-state index is -0.475. The molecule has 6 heteroatoms. The molecular formula is C25H27N3O3. The maximum atomic E-state index is 13.1. The number of pyridine rings is 1. The molecule has 1 saturated heterocycles. The van der Waals surface area contributed by atoms with Crippen LogP contribution in [0.1, 0.15) is 22.7 Å². The number of aromatic nitrogens is 1. The van der Waals surface area contributed by atoms with Crippen LogP contribution >= 0.6 is 0 Å². The van der Waals surface area contributed by atoms with Gasteiger partial charge in [0.05, 0.1) is 19.4 Å². The Hall–Kier alpha value is -3.22. The first-order chi connectivity index (χ1) is 15.2. The second kappa shape index (κ2) is 10.2. The van der Waals surface area contributed by atoms with Crippen LogP contribution in [-0.4, -0.2) is 36.8 Å². The normalized spacial score (nSPS) is 14.5. The van der Waals surface area contributed by atoms with Gasteiger partial charge in [0.25, 0.3) is 0 Å². The van der Waals surface area contributed by atoms with E-state index < -0.39 is 6.04 Å². The Labute approximate surface area is 182 Å². The standard InChI is InChI=1S/C25H27N3O3/c1-18-7-9-19(10-8-18)13-14-26-24(20-5-3-2-4-6-20)25(29)28-23-12-11-21(15-27-23)31-22-16-30-17-22/h2-12,15,22,24,26H,13-14,16-17H2,1H3,(H,27,28,29)/t24-/m1/s1. The number of hydrogen-bond donors (Lipinski definition) is 2. The van der Waals surface area contributed by atoms with Crippen LogP contribution in [0.25, 0.3) is 0 Å². The first kappa shape index (κ1) is 21.0. The van der Waals surface area contributed by atoms with Gasteiger partial charge in [-0.2, -0.15) is 0 Å². The summed E-state index contributed by atoms with van der Waals surface area (Å²) in [6.45, 7) is 3.96. The van der Waals surface area contributed by atoms with Crippen molar-refractivity contribution in [2.75, 3.05) is 25.1 Å². The van der Waals surface area contributed by atoms with E-state index in [1.165, 1.54) is 11.1 Å². The van der Waals surface area contributed by atoms with E-state index in [-0.39, 0.29) is 12.0 Å². The van der Waals surface area contributed by atoms with Crippen molar-refractivity contribution in [2.24, 2.45) is 0 Å². The molecule has 2 heterocycles. The molecule has 3 aromatic rings. The summed E-state index contributed by atoms with van der Waals surface area (Å²) in [7, 11) is 0. The lowest BCUT2D eigenvalue weighted by atomic mass is 10.1. The van der Waals surface area contributed by atoms with Crippen LogP contribution in [0.4, 0.5) is 5.82 Å². The molecule has 0 aliphatic carbocycles. The molecule has 4 rings (SSSR count). The predicted molar refractivity (Wildman–Crippen MR) is 120 cm³/mol. The van der Waals surface area contributed by atoms with E-state index in [0.717, 1.165) is 12.0 Å². The van der Waals surface area contributed by atoms with Gasteiger partial charge in [-0.25, -0.2) is 4.98 Å². The number of amides is 1. The molecule has 2 aromatic carbocycles. The Morgan fingerprint density at radius 1 is 1.10 bits per heavy atom. The fourth-order valence-electron chi connectivity index (χ4n) is 3.32. The van der Waals surface area contributed by atoms with Gasteiger partial charge in [0.15, 0.2) is 0 Å². The van der Waals surface area contributed by atoms with Crippen molar-refractivity contribution in [3.05, 3.63) is 89.6 Å². The number of carbonyl (C=O) groups is 1. The number of rotatable bonds is 9. The summed E-state index contributed by atoms with van der Waals surface area (Å²) < 4.78 is 10.8. The van der Waals surface area contributed by atoms with Crippen molar-refractivity contribution in [1.29, 1.82) is 0 Å². The van der Waals surface area contributed by atoms with E-state index in [9.17, 15) is 4.79 Å². The number of anilines is 1. The number of ether oxygens (including phenoxy) is 2. The zero-order chi connectivity index (χ0) is 21.5. The Morgan fingerprint density at radius 2 is 1.87 bits per heavy atom. The van der Waals surface area contributed by atoms with E-state index in [1.54, 1.807) is 12.3 Å². The molecule has 6 nitrogen and oxygen atoms in total. The van der Waals surface area contributed by atoms with Gasteiger partial charge >= 0.3 is 0 Å². The highest BCUT2D eigenvalue weighted by atomic mass is 16.6. The molecule has 31 heavy (non-hydrogen) atoms. The van der Waals surface area contributed by atoms with Crippen molar-refractivity contribution >= 4 is 11.7 Å². The topological polar surface area (TPSA) is 72.5 Å². The van der Waals surface area contributed by atoms with Gasteiger partial charge in [-0.1, -0.05) is 60.2 Å². The molecule has 160 valence electrons. The summed E-state index contributed by atoms with van der Waals surface area (Å²) in [5.74, 6) is 1.01. The highest BCUT2D eigenvalue weighted by molar-refractivity contribution is 5.94. The van der Waals surface area contributed by atoms with Gasteiger partial charge in [0, 0.05) is 6.54 Å². The molecule has 0 spiro atoms. The van der Waals surface area contributed by atoms with Crippen LogP contribution in [0.5, 0.6) is 5.75 Å². The molecular weight excluding hydrogens is 390 g/mol. The molecule has 1 fully saturated rings.